The van der Waals surface area contributed by atoms with Crippen molar-refractivity contribution in [2.24, 2.45) is 0 Å². The highest BCUT2D eigenvalue weighted by atomic mass is 16.5. The van der Waals surface area contributed by atoms with Gasteiger partial charge in [0.05, 0.1) is 12.6 Å². The maximum Gasteiger partial charge on any atom is 0.194 e. The van der Waals surface area contributed by atoms with Crippen LogP contribution >= 0.6 is 0 Å². The summed E-state index contributed by atoms with van der Waals surface area (Å²) in [5.41, 5.74) is 2.76. The Hall–Kier alpha value is -1.81. The number of para-hydroxylation sites is 1. The molecule has 0 radical (unpaired) electrons. The van der Waals surface area contributed by atoms with Gasteiger partial charge in [0.15, 0.2) is 5.43 Å². The zero-order valence-electron chi connectivity index (χ0n) is 12.7. The number of aryl methyl sites for hydroxylation is 1. The lowest BCUT2D eigenvalue weighted by atomic mass is 10.1. The van der Waals surface area contributed by atoms with Gasteiger partial charge in [-0.15, -0.1) is 0 Å². The number of piperidine rings is 1. The second kappa shape index (κ2) is 5.90. The van der Waals surface area contributed by atoms with Crippen molar-refractivity contribution < 1.29 is 4.74 Å². The largest absolute Gasteiger partial charge is 0.495 e. The number of hydrogen-bond donors (Lipinski definition) is 1. The Balaban J connectivity index is 2.05. The molecule has 1 saturated heterocycles. The third-order valence-electron chi connectivity index (χ3n) is 4.36. The molecule has 0 atom stereocenters. The standard InChI is InChI=1S/C17H22N2O2/c1-12-14(11-19-9-4-3-5-10-19)17(20)13-7-6-8-15(21-2)16(13)18-12/h6-8H,3-5,9-11H2,1-2H3,(H,18,20). The molecule has 1 aliphatic heterocycles. The number of fused-ring (bicyclic) bond motifs is 1. The molecular formula is C17H22N2O2. The number of likely N-dealkylation sites (tertiary alicyclic amines) is 1. The first-order valence-corrected chi connectivity index (χ1v) is 7.61. The van der Waals surface area contributed by atoms with E-state index in [0.717, 1.165) is 42.2 Å². The minimum Gasteiger partial charge on any atom is -0.495 e. The van der Waals surface area contributed by atoms with Crippen LogP contribution in [0.15, 0.2) is 23.0 Å². The van der Waals surface area contributed by atoms with E-state index in [1.807, 2.05) is 25.1 Å². The van der Waals surface area contributed by atoms with E-state index >= 15 is 0 Å². The molecule has 0 amide bonds. The van der Waals surface area contributed by atoms with Gasteiger partial charge in [0.1, 0.15) is 5.75 Å². The van der Waals surface area contributed by atoms with Crippen LogP contribution in [-0.4, -0.2) is 30.1 Å². The lowest BCUT2D eigenvalue weighted by Gasteiger charge is -2.26. The van der Waals surface area contributed by atoms with Crippen LogP contribution in [-0.2, 0) is 6.54 Å². The Kier molecular flexibility index (Phi) is 3.97. The Morgan fingerprint density at radius 3 is 2.71 bits per heavy atom. The monoisotopic (exact) mass is 286 g/mol. The summed E-state index contributed by atoms with van der Waals surface area (Å²) in [7, 11) is 1.63. The number of rotatable bonds is 3. The zero-order valence-corrected chi connectivity index (χ0v) is 12.7. The van der Waals surface area contributed by atoms with Crippen LogP contribution < -0.4 is 10.2 Å². The van der Waals surface area contributed by atoms with Gasteiger partial charge < -0.3 is 9.72 Å². The fraction of sp³-hybridized carbons (Fsp3) is 0.471. The van der Waals surface area contributed by atoms with Crippen molar-refractivity contribution in [3.05, 3.63) is 39.7 Å². The van der Waals surface area contributed by atoms with Crippen LogP contribution in [0.2, 0.25) is 0 Å². The van der Waals surface area contributed by atoms with Gasteiger partial charge in [-0.3, -0.25) is 9.69 Å². The number of benzene rings is 1. The Morgan fingerprint density at radius 2 is 2.00 bits per heavy atom. The van der Waals surface area contributed by atoms with Crippen LogP contribution in [0.3, 0.4) is 0 Å². The van der Waals surface area contributed by atoms with Crippen molar-refractivity contribution >= 4 is 10.9 Å². The molecule has 3 rings (SSSR count). The van der Waals surface area contributed by atoms with E-state index in [-0.39, 0.29) is 5.43 Å². The number of nitrogens with one attached hydrogen (secondary N) is 1. The minimum atomic E-state index is 0.130. The van der Waals surface area contributed by atoms with Gasteiger partial charge in [0, 0.05) is 23.2 Å². The number of aromatic nitrogens is 1. The number of pyridine rings is 1. The van der Waals surface area contributed by atoms with Crippen LogP contribution in [0, 0.1) is 6.92 Å². The summed E-state index contributed by atoms with van der Waals surface area (Å²) in [5.74, 6) is 0.720. The number of nitrogens with zero attached hydrogens (tertiary/aromatic N) is 1. The summed E-state index contributed by atoms with van der Waals surface area (Å²) in [4.78, 5) is 18.5. The average Bonchev–Trinajstić information content (AvgIpc) is 2.52. The summed E-state index contributed by atoms with van der Waals surface area (Å²) in [6.07, 6.45) is 3.78. The third kappa shape index (κ3) is 2.68. The van der Waals surface area contributed by atoms with Crippen molar-refractivity contribution in [1.29, 1.82) is 0 Å². The lowest BCUT2D eigenvalue weighted by molar-refractivity contribution is 0.220. The van der Waals surface area contributed by atoms with Gasteiger partial charge >= 0.3 is 0 Å². The molecule has 112 valence electrons. The molecule has 1 N–H and O–H groups in total. The van der Waals surface area contributed by atoms with E-state index in [1.165, 1.54) is 19.3 Å². The molecule has 1 aliphatic rings. The summed E-state index contributed by atoms with van der Waals surface area (Å²) in [6, 6.07) is 5.62. The number of methoxy groups -OCH3 is 1. The first-order chi connectivity index (χ1) is 10.2. The number of aromatic amines is 1. The predicted molar refractivity (Wildman–Crippen MR) is 85.0 cm³/mol. The molecule has 4 nitrogen and oxygen atoms in total. The van der Waals surface area contributed by atoms with Crippen molar-refractivity contribution in [3.8, 4) is 5.75 Å². The predicted octanol–water partition coefficient (Wildman–Crippen LogP) is 2.83. The molecule has 4 heteroatoms. The molecule has 0 bridgehead atoms. The lowest BCUT2D eigenvalue weighted by Crippen LogP contribution is -2.32. The van der Waals surface area contributed by atoms with Crippen molar-refractivity contribution in [1.82, 2.24) is 9.88 Å². The summed E-state index contributed by atoms with van der Waals surface area (Å²) < 4.78 is 5.35. The number of ether oxygens (including phenoxy) is 1. The molecule has 2 aromatic rings. The minimum absolute atomic E-state index is 0.130. The molecule has 0 saturated carbocycles. The van der Waals surface area contributed by atoms with Crippen LogP contribution in [0.1, 0.15) is 30.5 Å². The summed E-state index contributed by atoms with van der Waals surface area (Å²) in [5, 5.41) is 0.715. The molecule has 1 aromatic heterocycles. The molecule has 1 fully saturated rings. The van der Waals surface area contributed by atoms with Crippen LogP contribution in [0.4, 0.5) is 0 Å². The summed E-state index contributed by atoms with van der Waals surface area (Å²) >= 11 is 0. The topological polar surface area (TPSA) is 45.3 Å². The second-order valence-electron chi connectivity index (χ2n) is 5.78. The van der Waals surface area contributed by atoms with E-state index in [4.69, 9.17) is 4.74 Å². The smallest absolute Gasteiger partial charge is 0.194 e. The highest BCUT2D eigenvalue weighted by Crippen LogP contribution is 2.23. The fourth-order valence-corrected chi connectivity index (χ4v) is 3.15. The van der Waals surface area contributed by atoms with Gasteiger partial charge in [0.25, 0.3) is 0 Å². The first-order valence-electron chi connectivity index (χ1n) is 7.61. The van der Waals surface area contributed by atoms with E-state index in [2.05, 4.69) is 9.88 Å². The third-order valence-corrected chi connectivity index (χ3v) is 4.36. The second-order valence-corrected chi connectivity index (χ2v) is 5.78. The van der Waals surface area contributed by atoms with Gasteiger partial charge in [-0.1, -0.05) is 12.5 Å². The Labute approximate surface area is 124 Å². The molecule has 0 aliphatic carbocycles. The van der Waals surface area contributed by atoms with Crippen molar-refractivity contribution in [2.75, 3.05) is 20.2 Å². The fourth-order valence-electron chi connectivity index (χ4n) is 3.15. The van der Waals surface area contributed by atoms with Crippen LogP contribution in [0.25, 0.3) is 10.9 Å². The first kappa shape index (κ1) is 14.1. The van der Waals surface area contributed by atoms with E-state index in [9.17, 15) is 4.79 Å². The van der Waals surface area contributed by atoms with Gasteiger partial charge in [-0.05, 0) is 45.0 Å². The van der Waals surface area contributed by atoms with Crippen LogP contribution in [0.5, 0.6) is 5.75 Å². The van der Waals surface area contributed by atoms with Crippen molar-refractivity contribution in [2.45, 2.75) is 32.7 Å². The van der Waals surface area contributed by atoms with E-state index in [1.54, 1.807) is 7.11 Å². The Morgan fingerprint density at radius 1 is 1.24 bits per heavy atom. The average molecular weight is 286 g/mol. The molecule has 21 heavy (non-hydrogen) atoms. The molecule has 0 spiro atoms. The van der Waals surface area contributed by atoms with Gasteiger partial charge in [0.2, 0.25) is 0 Å². The highest BCUT2D eigenvalue weighted by molar-refractivity contribution is 5.85. The maximum atomic E-state index is 12.8. The molecule has 1 aromatic carbocycles. The molecule has 2 heterocycles. The highest BCUT2D eigenvalue weighted by Gasteiger charge is 2.16. The number of hydrogen-bond acceptors (Lipinski definition) is 3. The molecular weight excluding hydrogens is 264 g/mol. The van der Waals surface area contributed by atoms with Gasteiger partial charge in [-0.2, -0.15) is 0 Å². The van der Waals surface area contributed by atoms with E-state index in [0.29, 0.717) is 5.39 Å². The van der Waals surface area contributed by atoms with Gasteiger partial charge in [-0.25, -0.2) is 0 Å². The number of H-pyrrole nitrogens is 1. The Bertz CT molecular complexity index is 700. The quantitative estimate of drug-likeness (QED) is 0.943. The molecule has 0 unspecified atom stereocenters. The zero-order chi connectivity index (χ0) is 14.8. The maximum absolute atomic E-state index is 12.8. The normalized spacial score (nSPS) is 16.3. The SMILES string of the molecule is COc1cccc2c(=O)c(CN3CCCCC3)c(C)[nH]c12. The summed E-state index contributed by atoms with van der Waals surface area (Å²) in [6.45, 7) is 4.91. The van der Waals surface area contributed by atoms with Crippen molar-refractivity contribution in [3.63, 3.8) is 0 Å². The van der Waals surface area contributed by atoms with E-state index < -0.39 is 0 Å².